The van der Waals surface area contributed by atoms with E-state index in [1.807, 2.05) is 0 Å². The molecule has 3 heteroatoms. The number of nitrogens with one attached hydrogen (secondary N) is 1. The van der Waals surface area contributed by atoms with Gasteiger partial charge in [0, 0.05) is 25.7 Å². The number of hydrogen-bond acceptors (Lipinski definition) is 3. The lowest BCUT2D eigenvalue weighted by Gasteiger charge is -2.27. The molecule has 0 spiro atoms. The first-order valence-electron chi connectivity index (χ1n) is 7.31. The van der Waals surface area contributed by atoms with Crippen molar-refractivity contribution in [2.75, 3.05) is 39.4 Å². The second-order valence-electron chi connectivity index (χ2n) is 4.53. The van der Waals surface area contributed by atoms with Crippen LogP contribution in [0.1, 0.15) is 47.0 Å². The summed E-state index contributed by atoms with van der Waals surface area (Å²) in [6, 6.07) is 0.640. The van der Waals surface area contributed by atoms with Crippen LogP contribution in [0.3, 0.4) is 0 Å². The minimum atomic E-state index is 0.640. The van der Waals surface area contributed by atoms with Gasteiger partial charge in [0.25, 0.3) is 0 Å². The van der Waals surface area contributed by atoms with E-state index in [-0.39, 0.29) is 0 Å². The molecule has 0 bridgehead atoms. The van der Waals surface area contributed by atoms with Crippen LogP contribution in [0.4, 0.5) is 0 Å². The molecule has 0 aliphatic rings. The molecule has 1 N–H and O–H groups in total. The van der Waals surface area contributed by atoms with Crippen LogP contribution in [-0.2, 0) is 4.74 Å². The van der Waals surface area contributed by atoms with Crippen molar-refractivity contribution in [1.29, 1.82) is 0 Å². The van der Waals surface area contributed by atoms with E-state index in [4.69, 9.17) is 4.74 Å². The van der Waals surface area contributed by atoms with Crippen LogP contribution in [0.2, 0.25) is 0 Å². The third kappa shape index (κ3) is 9.57. The number of likely N-dealkylation sites (N-methyl/N-ethyl adjacent to an activating group) is 1. The molecular weight excluding hydrogens is 212 g/mol. The Morgan fingerprint density at radius 2 is 1.88 bits per heavy atom. The Bertz CT molecular complexity index is 153. The van der Waals surface area contributed by atoms with Gasteiger partial charge in [0.15, 0.2) is 0 Å². The molecule has 0 aliphatic carbocycles. The first-order valence-corrected chi connectivity index (χ1v) is 7.31. The molecule has 0 aromatic carbocycles. The molecule has 0 aromatic heterocycles. The van der Waals surface area contributed by atoms with Crippen molar-refractivity contribution in [3.8, 4) is 0 Å². The van der Waals surface area contributed by atoms with Crippen molar-refractivity contribution in [2.24, 2.45) is 0 Å². The maximum Gasteiger partial charge on any atom is 0.0593 e. The van der Waals surface area contributed by atoms with Gasteiger partial charge < -0.3 is 10.1 Å². The highest BCUT2D eigenvalue weighted by molar-refractivity contribution is 4.71. The Morgan fingerprint density at radius 1 is 1.12 bits per heavy atom. The zero-order valence-corrected chi connectivity index (χ0v) is 12.3. The number of hydrogen-bond donors (Lipinski definition) is 1. The SMILES string of the molecule is CCCNC(CCC)CN(CC)CCOCC. The van der Waals surface area contributed by atoms with Gasteiger partial charge in [0.1, 0.15) is 0 Å². The molecule has 0 fully saturated rings. The quantitative estimate of drug-likeness (QED) is 0.534. The Morgan fingerprint density at radius 3 is 2.41 bits per heavy atom. The lowest BCUT2D eigenvalue weighted by Crippen LogP contribution is -2.42. The molecule has 1 atom stereocenters. The molecule has 0 aromatic rings. The second kappa shape index (κ2) is 12.3. The minimum absolute atomic E-state index is 0.640. The molecule has 0 heterocycles. The first kappa shape index (κ1) is 16.9. The van der Waals surface area contributed by atoms with Gasteiger partial charge in [0.2, 0.25) is 0 Å². The summed E-state index contributed by atoms with van der Waals surface area (Å²) in [5.41, 5.74) is 0. The van der Waals surface area contributed by atoms with Gasteiger partial charge in [-0.05, 0) is 32.9 Å². The van der Waals surface area contributed by atoms with Crippen molar-refractivity contribution in [2.45, 2.75) is 53.0 Å². The van der Waals surface area contributed by atoms with E-state index >= 15 is 0 Å². The van der Waals surface area contributed by atoms with Crippen LogP contribution >= 0.6 is 0 Å². The highest BCUT2D eigenvalue weighted by atomic mass is 16.5. The third-order valence-corrected chi connectivity index (χ3v) is 3.00. The molecule has 3 nitrogen and oxygen atoms in total. The van der Waals surface area contributed by atoms with E-state index in [0.717, 1.165) is 39.4 Å². The molecule has 0 saturated heterocycles. The Labute approximate surface area is 108 Å². The monoisotopic (exact) mass is 244 g/mol. The fraction of sp³-hybridized carbons (Fsp3) is 1.00. The molecular formula is C14H32N2O. The molecule has 0 amide bonds. The zero-order valence-electron chi connectivity index (χ0n) is 12.3. The van der Waals surface area contributed by atoms with Crippen molar-refractivity contribution in [3.63, 3.8) is 0 Å². The molecule has 17 heavy (non-hydrogen) atoms. The average Bonchev–Trinajstić information content (AvgIpc) is 2.35. The number of ether oxygens (including phenoxy) is 1. The summed E-state index contributed by atoms with van der Waals surface area (Å²) in [6.45, 7) is 14.9. The summed E-state index contributed by atoms with van der Waals surface area (Å²) in [7, 11) is 0. The Kier molecular flexibility index (Phi) is 12.3. The molecule has 0 saturated carbocycles. The van der Waals surface area contributed by atoms with Gasteiger partial charge in [-0.15, -0.1) is 0 Å². The van der Waals surface area contributed by atoms with Crippen LogP contribution in [-0.4, -0.2) is 50.3 Å². The molecule has 0 radical (unpaired) electrons. The normalized spacial score (nSPS) is 13.2. The van der Waals surface area contributed by atoms with E-state index in [2.05, 4.69) is 37.9 Å². The summed E-state index contributed by atoms with van der Waals surface area (Å²) in [4.78, 5) is 2.48. The molecule has 1 unspecified atom stereocenters. The predicted molar refractivity (Wildman–Crippen MR) is 75.6 cm³/mol. The van der Waals surface area contributed by atoms with E-state index in [1.165, 1.54) is 19.3 Å². The molecule has 104 valence electrons. The maximum atomic E-state index is 5.43. The van der Waals surface area contributed by atoms with Gasteiger partial charge in [-0.2, -0.15) is 0 Å². The van der Waals surface area contributed by atoms with E-state index in [1.54, 1.807) is 0 Å². The van der Waals surface area contributed by atoms with Crippen molar-refractivity contribution >= 4 is 0 Å². The van der Waals surface area contributed by atoms with Crippen LogP contribution in [0.5, 0.6) is 0 Å². The van der Waals surface area contributed by atoms with Crippen molar-refractivity contribution in [1.82, 2.24) is 10.2 Å². The number of nitrogens with zero attached hydrogens (tertiary/aromatic N) is 1. The molecule has 0 aliphatic heterocycles. The van der Waals surface area contributed by atoms with Crippen LogP contribution in [0.25, 0.3) is 0 Å². The minimum Gasteiger partial charge on any atom is -0.380 e. The van der Waals surface area contributed by atoms with Gasteiger partial charge in [0.05, 0.1) is 6.61 Å². The fourth-order valence-corrected chi connectivity index (χ4v) is 1.98. The third-order valence-electron chi connectivity index (χ3n) is 3.00. The number of rotatable bonds is 12. The fourth-order valence-electron chi connectivity index (χ4n) is 1.98. The van der Waals surface area contributed by atoms with Crippen LogP contribution < -0.4 is 5.32 Å². The van der Waals surface area contributed by atoms with Gasteiger partial charge in [-0.25, -0.2) is 0 Å². The van der Waals surface area contributed by atoms with Crippen molar-refractivity contribution < 1.29 is 4.74 Å². The van der Waals surface area contributed by atoms with Gasteiger partial charge in [-0.3, -0.25) is 4.90 Å². The van der Waals surface area contributed by atoms with Crippen molar-refractivity contribution in [3.05, 3.63) is 0 Å². The Hall–Kier alpha value is -0.120. The maximum absolute atomic E-state index is 5.43. The van der Waals surface area contributed by atoms with Crippen LogP contribution in [0.15, 0.2) is 0 Å². The standard InChI is InChI=1S/C14H32N2O/c1-5-9-14(15-10-6-2)13-16(7-3)11-12-17-8-4/h14-15H,5-13H2,1-4H3. The van der Waals surface area contributed by atoms with Crippen LogP contribution in [0, 0.1) is 0 Å². The van der Waals surface area contributed by atoms with E-state index in [0.29, 0.717) is 6.04 Å². The van der Waals surface area contributed by atoms with Gasteiger partial charge in [-0.1, -0.05) is 27.2 Å². The summed E-state index contributed by atoms with van der Waals surface area (Å²) in [5.74, 6) is 0. The second-order valence-corrected chi connectivity index (χ2v) is 4.53. The summed E-state index contributed by atoms with van der Waals surface area (Å²) < 4.78 is 5.43. The average molecular weight is 244 g/mol. The summed E-state index contributed by atoms with van der Waals surface area (Å²) in [6.07, 6.45) is 3.74. The topological polar surface area (TPSA) is 24.5 Å². The lowest BCUT2D eigenvalue weighted by atomic mass is 10.1. The van der Waals surface area contributed by atoms with E-state index in [9.17, 15) is 0 Å². The molecule has 0 rings (SSSR count). The summed E-state index contributed by atoms with van der Waals surface area (Å²) in [5, 5.41) is 3.64. The zero-order chi connectivity index (χ0) is 12.9. The Balaban J connectivity index is 3.89. The summed E-state index contributed by atoms with van der Waals surface area (Å²) >= 11 is 0. The van der Waals surface area contributed by atoms with E-state index < -0.39 is 0 Å². The first-order chi connectivity index (χ1) is 8.28. The lowest BCUT2D eigenvalue weighted by molar-refractivity contribution is 0.110. The van der Waals surface area contributed by atoms with Gasteiger partial charge >= 0.3 is 0 Å². The smallest absolute Gasteiger partial charge is 0.0593 e. The highest BCUT2D eigenvalue weighted by Crippen LogP contribution is 2.01. The predicted octanol–water partition coefficient (Wildman–Crippen LogP) is 2.51. The highest BCUT2D eigenvalue weighted by Gasteiger charge is 2.11. The largest absolute Gasteiger partial charge is 0.380 e.